The Kier molecular flexibility index (Phi) is 2.83. The monoisotopic (exact) mass is 220 g/mol. The van der Waals surface area contributed by atoms with Crippen molar-refractivity contribution in [2.75, 3.05) is 18.0 Å². The quantitative estimate of drug-likeness (QED) is 0.782. The molecule has 1 aromatic rings. The number of carboxylic acid groups (broad SMARTS) is 1. The molecule has 0 bridgehead atoms. The van der Waals surface area contributed by atoms with E-state index < -0.39 is 11.5 Å². The van der Waals surface area contributed by atoms with Gasteiger partial charge in [0.2, 0.25) is 0 Å². The van der Waals surface area contributed by atoms with Crippen LogP contribution in [0.15, 0.2) is 30.3 Å². The van der Waals surface area contributed by atoms with Crippen LogP contribution < -0.4 is 10.6 Å². The van der Waals surface area contributed by atoms with Gasteiger partial charge in [0.05, 0.1) is 0 Å². The van der Waals surface area contributed by atoms with E-state index in [1.54, 1.807) is 0 Å². The standard InChI is InChI=1S/C12H16N2O2/c13-12(11(15)16)6-8-14(9-7-12)10-4-2-1-3-5-10/h1-5H,6-9,13H2,(H,15,16). The number of benzene rings is 1. The van der Waals surface area contributed by atoms with Gasteiger partial charge in [0, 0.05) is 18.8 Å². The highest BCUT2D eigenvalue weighted by molar-refractivity contribution is 5.79. The third-order valence-corrected chi connectivity index (χ3v) is 3.20. The Morgan fingerprint density at radius 2 is 1.81 bits per heavy atom. The summed E-state index contributed by atoms with van der Waals surface area (Å²) < 4.78 is 0. The minimum absolute atomic E-state index is 0.497. The van der Waals surface area contributed by atoms with Gasteiger partial charge < -0.3 is 15.7 Å². The Hall–Kier alpha value is -1.55. The first-order chi connectivity index (χ1) is 7.62. The van der Waals surface area contributed by atoms with E-state index in [4.69, 9.17) is 10.8 Å². The van der Waals surface area contributed by atoms with Gasteiger partial charge in [-0.25, -0.2) is 0 Å². The summed E-state index contributed by atoms with van der Waals surface area (Å²) in [6, 6.07) is 10.0. The molecule has 0 saturated carbocycles. The number of nitrogens with two attached hydrogens (primary N) is 1. The van der Waals surface area contributed by atoms with Crippen molar-refractivity contribution in [1.29, 1.82) is 0 Å². The number of carbonyl (C=O) groups is 1. The second-order valence-corrected chi connectivity index (χ2v) is 4.28. The number of para-hydroxylation sites is 1. The van der Waals surface area contributed by atoms with E-state index in [0.717, 1.165) is 5.69 Å². The molecule has 1 aromatic carbocycles. The maximum Gasteiger partial charge on any atom is 0.323 e. The highest BCUT2D eigenvalue weighted by Gasteiger charge is 2.37. The van der Waals surface area contributed by atoms with E-state index in [1.165, 1.54) is 0 Å². The molecule has 0 aromatic heterocycles. The van der Waals surface area contributed by atoms with E-state index in [9.17, 15) is 4.79 Å². The van der Waals surface area contributed by atoms with Crippen LogP contribution in [0.25, 0.3) is 0 Å². The zero-order valence-corrected chi connectivity index (χ0v) is 9.10. The van der Waals surface area contributed by atoms with Gasteiger partial charge in [-0.3, -0.25) is 4.79 Å². The fourth-order valence-electron chi connectivity index (χ4n) is 2.02. The molecule has 1 aliphatic rings. The fraction of sp³-hybridized carbons (Fsp3) is 0.417. The van der Waals surface area contributed by atoms with Crippen LogP contribution in [0.5, 0.6) is 0 Å². The summed E-state index contributed by atoms with van der Waals surface area (Å²) in [5.41, 5.74) is 5.91. The van der Waals surface area contributed by atoms with Gasteiger partial charge in [0.15, 0.2) is 0 Å². The maximum atomic E-state index is 11.0. The van der Waals surface area contributed by atoms with Crippen molar-refractivity contribution in [2.45, 2.75) is 18.4 Å². The lowest BCUT2D eigenvalue weighted by molar-refractivity contribution is -0.144. The molecule has 4 heteroatoms. The van der Waals surface area contributed by atoms with E-state index in [-0.39, 0.29) is 0 Å². The molecule has 2 rings (SSSR count). The van der Waals surface area contributed by atoms with Crippen molar-refractivity contribution in [1.82, 2.24) is 0 Å². The van der Waals surface area contributed by atoms with Gasteiger partial charge in [-0.1, -0.05) is 18.2 Å². The maximum absolute atomic E-state index is 11.0. The Morgan fingerprint density at radius 3 is 2.31 bits per heavy atom. The van der Waals surface area contributed by atoms with Crippen LogP contribution in [0.4, 0.5) is 5.69 Å². The van der Waals surface area contributed by atoms with Crippen molar-refractivity contribution < 1.29 is 9.90 Å². The largest absolute Gasteiger partial charge is 0.480 e. The lowest BCUT2D eigenvalue weighted by Gasteiger charge is -2.37. The van der Waals surface area contributed by atoms with Crippen LogP contribution in [0.3, 0.4) is 0 Å². The Morgan fingerprint density at radius 1 is 1.25 bits per heavy atom. The Labute approximate surface area is 94.7 Å². The van der Waals surface area contributed by atoms with Gasteiger partial charge in [-0.15, -0.1) is 0 Å². The van der Waals surface area contributed by atoms with Crippen LogP contribution >= 0.6 is 0 Å². The van der Waals surface area contributed by atoms with Crippen LogP contribution in [-0.2, 0) is 4.79 Å². The van der Waals surface area contributed by atoms with Crippen molar-refractivity contribution in [3.63, 3.8) is 0 Å². The van der Waals surface area contributed by atoms with Crippen LogP contribution in [0, 0.1) is 0 Å². The number of hydrogen-bond acceptors (Lipinski definition) is 3. The Bertz CT molecular complexity index is 370. The van der Waals surface area contributed by atoms with E-state index in [0.29, 0.717) is 25.9 Å². The molecule has 0 unspecified atom stereocenters. The molecular weight excluding hydrogens is 204 g/mol. The molecule has 86 valence electrons. The molecule has 1 fully saturated rings. The lowest BCUT2D eigenvalue weighted by Crippen LogP contribution is -2.55. The fourth-order valence-corrected chi connectivity index (χ4v) is 2.02. The summed E-state index contributed by atoms with van der Waals surface area (Å²) in [6.45, 7) is 1.40. The number of aliphatic carboxylic acids is 1. The van der Waals surface area contributed by atoms with Crippen LogP contribution in [-0.4, -0.2) is 29.7 Å². The van der Waals surface area contributed by atoms with Crippen molar-refractivity contribution in [3.05, 3.63) is 30.3 Å². The molecule has 16 heavy (non-hydrogen) atoms. The average Bonchev–Trinajstić information content (AvgIpc) is 2.31. The van der Waals surface area contributed by atoms with E-state index in [1.807, 2.05) is 30.3 Å². The zero-order chi connectivity index (χ0) is 11.6. The highest BCUT2D eigenvalue weighted by atomic mass is 16.4. The molecule has 0 aliphatic carbocycles. The predicted molar refractivity (Wildman–Crippen MR) is 62.4 cm³/mol. The molecule has 0 atom stereocenters. The van der Waals surface area contributed by atoms with E-state index >= 15 is 0 Å². The summed E-state index contributed by atoms with van der Waals surface area (Å²) in [4.78, 5) is 13.2. The minimum atomic E-state index is -1.04. The number of rotatable bonds is 2. The third-order valence-electron chi connectivity index (χ3n) is 3.20. The first kappa shape index (κ1) is 11.0. The van der Waals surface area contributed by atoms with Gasteiger partial charge in [0.1, 0.15) is 5.54 Å². The summed E-state index contributed by atoms with van der Waals surface area (Å²) in [7, 11) is 0. The number of nitrogens with zero attached hydrogens (tertiary/aromatic N) is 1. The summed E-state index contributed by atoms with van der Waals surface area (Å²) in [5.74, 6) is -0.889. The average molecular weight is 220 g/mol. The molecule has 1 aliphatic heterocycles. The summed E-state index contributed by atoms with van der Waals surface area (Å²) in [6.07, 6.45) is 0.994. The molecular formula is C12H16N2O2. The zero-order valence-electron chi connectivity index (χ0n) is 9.10. The van der Waals surface area contributed by atoms with E-state index in [2.05, 4.69) is 4.90 Å². The van der Waals surface area contributed by atoms with Gasteiger partial charge in [-0.05, 0) is 25.0 Å². The second-order valence-electron chi connectivity index (χ2n) is 4.28. The molecule has 1 heterocycles. The number of carboxylic acids is 1. The second kappa shape index (κ2) is 4.14. The molecule has 1 saturated heterocycles. The van der Waals surface area contributed by atoms with Gasteiger partial charge in [0.25, 0.3) is 0 Å². The molecule has 0 spiro atoms. The minimum Gasteiger partial charge on any atom is -0.480 e. The van der Waals surface area contributed by atoms with Crippen LogP contribution in [0.2, 0.25) is 0 Å². The number of anilines is 1. The van der Waals surface area contributed by atoms with Crippen molar-refractivity contribution in [3.8, 4) is 0 Å². The first-order valence-electron chi connectivity index (χ1n) is 5.44. The summed E-state index contributed by atoms with van der Waals surface area (Å²) in [5, 5.41) is 9.01. The SMILES string of the molecule is NC1(C(=O)O)CCN(c2ccccc2)CC1. The van der Waals surface area contributed by atoms with Crippen molar-refractivity contribution in [2.24, 2.45) is 5.73 Å². The van der Waals surface area contributed by atoms with Gasteiger partial charge >= 0.3 is 5.97 Å². The molecule has 0 amide bonds. The highest BCUT2D eigenvalue weighted by Crippen LogP contribution is 2.24. The normalized spacial score (nSPS) is 19.4. The van der Waals surface area contributed by atoms with Crippen molar-refractivity contribution >= 4 is 11.7 Å². The molecule has 0 radical (unpaired) electrons. The number of piperidine rings is 1. The molecule has 4 nitrogen and oxygen atoms in total. The van der Waals surface area contributed by atoms with Gasteiger partial charge in [-0.2, -0.15) is 0 Å². The smallest absolute Gasteiger partial charge is 0.323 e. The van der Waals surface area contributed by atoms with Crippen LogP contribution in [0.1, 0.15) is 12.8 Å². The summed E-state index contributed by atoms with van der Waals surface area (Å²) >= 11 is 0. The third kappa shape index (κ3) is 2.02. The first-order valence-corrected chi connectivity index (χ1v) is 5.44. The number of hydrogen-bond donors (Lipinski definition) is 2. The molecule has 3 N–H and O–H groups in total. The Balaban J connectivity index is 2.03. The predicted octanol–water partition coefficient (Wildman–Crippen LogP) is 1.07. The lowest BCUT2D eigenvalue weighted by atomic mass is 9.88. The topological polar surface area (TPSA) is 66.6 Å².